The number of nitrogens with one attached hydrogen (secondary N) is 2. The molecular formula is C8H7N3O3. The zero-order valence-corrected chi connectivity index (χ0v) is 7.07. The second-order valence-corrected chi connectivity index (χ2v) is 2.81. The maximum atomic E-state index is 11.3. The van der Waals surface area contributed by atoms with Crippen LogP contribution in [0.4, 0.5) is 0 Å². The van der Waals surface area contributed by atoms with Gasteiger partial charge in [-0.2, -0.15) is 0 Å². The molecule has 0 aliphatic heterocycles. The third kappa shape index (κ3) is 1.31. The highest BCUT2D eigenvalue weighted by Crippen LogP contribution is 2.04. The Bertz CT molecular complexity index is 584. The Morgan fingerprint density at radius 1 is 1.36 bits per heavy atom. The summed E-state index contributed by atoms with van der Waals surface area (Å²) in [7, 11) is 0. The van der Waals surface area contributed by atoms with Crippen LogP contribution >= 0.6 is 0 Å². The summed E-state index contributed by atoms with van der Waals surface area (Å²) >= 11 is 0. The molecule has 0 spiro atoms. The van der Waals surface area contributed by atoms with E-state index in [9.17, 15) is 9.59 Å². The van der Waals surface area contributed by atoms with Gasteiger partial charge in [0.1, 0.15) is 5.65 Å². The lowest BCUT2D eigenvalue weighted by molar-refractivity contribution is 0.281. The van der Waals surface area contributed by atoms with Gasteiger partial charge in [0.25, 0.3) is 5.56 Å². The first-order valence-electron chi connectivity index (χ1n) is 3.93. The number of H-pyrrole nitrogens is 2. The Morgan fingerprint density at radius 3 is 2.86 bits per heavy atom. The summed E-state index contributed by atoms with van der Waals surface area (Å²) in [6.45, 7) is -0.193. The number of aromatic nitrogens is 3. The van der Waals surface area contributed by atoms with Crippen LogP contribution in [0, 0.1) is 0 Å². The van der Waals surface area contributed by atoms with E-state index in [1.54, 1.807) is 0 Å². The molecule has 2 aromatic heterocycles. The predicted molar refractivity (Wildman–Crippen MR) is 48.9 cm³/mol. The summed E-state index contributed by atoms with van der Waals surface area (Å²) in [5.74, 6) is 0. The number of pyridine rings is 1. The number of nitrogens with zero attached hydrogens (tertiary/aromatic N) is 1. The van der Waals surface area contributed by atoms with Crippen molar-refractivity contribution in [2.75, 3.05) is 0 Å². The lowest BCUT2D eigenvalue weighted by Crippen LogP contribution is -2.22. The van der Waals surface area contributed by atoms with Crippen molar-refractivity contribution in [1.29, 1.82) is 0 Å². The van der Waals surface area contributed by atoms with Crippen LogP contribution in [0.2, 0.25) is 0 Å². The van der Waals surface area contributed by atoms with Crippen molar-refractivity contribution < 1.29 is 5.11 Å². The van der Waals surface area contributed by atoms with Gasteiger partial charge in [0.05, 0.1) is 12.0 Å². The van der Waals surface area contributed by atoms with Crippen molar-refractivity contribution in [3.8, 4) is 0 Å². The highest BCUT2D eigenvalue weighted by molar-refractivity contribution is 5.73. The maximum Gasteiger partial charge on any atom is 0.327 e. The summed E-state index contributed by atoms with van der Waals surface area (Å²) in [6.07, 6.45) is 1.40. The highest BCUT2D eigenvalue weighted by atomic mass is 16.3. The van der Waals surface area contributed by atoms with Crippen LogP contribution in [-0.2, 0) is 6.61 Å². The summed E-state index contributed by atoms with van der Waals surface area (Å²) in [5, 5.41) is 9.08. The SMILES string of the molecule is O=c1[nH]c(=O)c2cc(CO)cnc2[nH]1. The van der Waals surface area contributed by atoms with E-state index in [-0.39, 0.29) is 17.6 Å². The molecule has 0 aromatic carbocycles. The first-order chi connectivity index (χ1) is 6.70. The van der Waals surface area contributed by atoms with Gasteiger partial charge in [-0.25, -0.2) is 9.78 Å². The van der Waals surface area contributed by atoms with Crippen LogP contribution in [-0.4, -0.2) is 20.1 Å². The van der Waals surface area contributed by atoms with Gasteiger partial charge >= 0.3 is 5.69 Å². The van der Waals surface area contributed by atoms with E-state index < -0.39 is 11.2 Å². The molecule has 0 saturated heterocycles. The van der Waals surface area contributed by atoms with E-state index in [4.69, 9.17) is 5.11 Å². The average molecular weight is 193 g/mol. The van der Waals surface area contributed by atoms with Gasteiger partial charge in [-0.3, -0.25) is 14.8 Å². The monoisotopic (exact) mass is 193 g/mol. The Labute approximate surface area is 77.3 Å². The Kier molecular flexibility index (Phi) is 1.90. The minimum atomic E-state index is -0.591. The fraction of sp³-hybridized carbons (Fsp3) is 0.125. The van der Waals surface area contributed by atoms with Gasteiger partial charge in [0, 0.05) is 6.20 Å². The third-order valence-corrected chi connectivity index (χ3v) is 1.83. The number of aliphatic hydroxyl groups excluding tert-OH is 1. The molecular weight excluding hydrogens is 186 g/mol. The molecule has 6 nitrogen and oxygen atoms in total. The fourth-order valence-corrected chi connectivity index (χ4v) is 1.18. The van der Waals surface area contributed by atoms with E-state index in [0.29, 0.717) is 5.56 Å². The lowest BCUT2D eigenvalue weighted by Gasteiger charge is -1.97. The van der Waals surface area contributed by atoms with Gasteiger partial charge in [0.2, 0.25) is 0 Å². The number of hydrogen-bond donors (Lipinski definition) is 3. The molecule has 2 aromatic rings. The van der Waals surface area contributed by atoms with Gasteiger partial charge < -0.3 is 5.11 Å². The van der Waals surface area contributed by atoms with E-state index in [2.05, 4.69) is 15.0 Å². The zero-order chi connectivity index (χ0) is 10.1. The van der Waals surface area contributed by atoms with E-state index in [1.807, 2.05) is 0 Å². The molecule has 3 N–H and O–H groups in total. The molecule has 6 heteroatoms. The quantitative estimate of drug-likeness (QED) is 0.546. The molecule has 14 heavy (non-hydrogen) atoms. The van der Waals surface area contributed by atoms with Gasteiger partial charge in [0.15, 0.2) is 0 Å². The minimum Gasteiger partial charge on any atom is -0.392 e. The molecule has 0 fully saturated rings. The van der Waals surface area contributed by atoms with Crippen molar-refractivity contribution in [3.05, 3.63) is 38.7 Å². The first-order valence-corrected chi connectivity index (χ1v) is 3.93. The average Bonchev–Trinajstić information content (AvgIpc) is 2.17. The Balaban J connectivity index is 2.89. The predicted octanol–water partition coefficient (Wildman–Crippen LogP) is -0.896. The van der Waals surface area contributed by atoms with E-state index >= 15 is 0 Å². The fourth-order valence-electron chi connectivity index (χ4n) is 1.18. The molecule has 0 aliphatic carbocycles. The van der Waals surface area contributed by atoms with Crippen molar-refractivity contribution in [1.82, 2.24) is 15.0 Å². The highest BCUT2D eigenvalue weighted by Gasteiger charge is 2.02. The zero-order valence-electron chi connectivity index (χ0n) is 7.07. The van der Waals surface area contributed by atoms with Crippen molar-refractivity contribution in [2.45, 2.75) is 6.61 Å². The lowest BCUT2D eigenvalue weighted by atomic mass is 10.2. The molecule has 0 aliphatic rings. The third-order valence-electron chi connectivity index (χ3n) is 1.83. The topological polar surface area (TPSA) is 98.8 Å². The molecule has 2 rings (SSSR count). The van der Waals surface area contributed by atoms with Crippen LogP contribution in [0.15, 0.2) is 21.9 Å². The smallest absolute Gasteiger partial charge is 0.327 e. The van der Waals surface area contributed by atoms with Gasteiger partial charge in [-0.05, 0) is 11.6 Å². The van der Waals surface area contributed by atoms with Crippen LogP contribution < -0.4 is 11.2 Å². The molecule has 0 amide bonds. The summed E-state index contributed by atoms with van der Waals surface area (Å²) in [6, 6.07) is 1.48. The van der Waals surface area contributed by atoms with Gasteiger partial charge in [-0.1, -0.05) is 0 Å². The van der Waals surface area contributed by atoms with Crippen LogP contribution in [0.3, 0.4) is 0 Å². The second kappa shape index (κ2) is 3.08. The minimum absolute atomic E-state index is 0.193. The summed E-state index contributed by atoms with van der Waals surface area (Å²) in [5.41, 5.74) is -0.357. The maximum absolute atomic E-state index is 11.3. The van der Waals surface area contributed by atoms with Gasteiger partial charge in [-0.15, -0.1) is 0 Å². The number of aromatic amines is 2. The number of aliphatic hydroxyl groups is 1. The van der Waals surface area contributed by atoms with E-state index in [1.165, 1.54) is 12.3 Å². The van der Waals surface area contributed by atoms with Crippen molar-refractivity contribution >= 4 is 11.0 Å². The van der Waals surface area contributed by atoms with Crippen molar-refractivity contribution in [3.63, 3.8) is 0 Å². The summed E-state index contributed by atoms with van der Waals surface area (Å²) < 4.78 is 0. The molecule has 0 bridgehead atoms. The molecule has 0 saturated carbocycles. The number of hydrogen-bond acceptors (Lipinski definition) is 4. The molecule has 0 radical (unpaired) electrons. The Morgan fingerprint density at radius 2 is 2.14 bits per heavy atom. The standard InChI is InChI=1S/C8H7N3O3/c12-3-4-1-5-6(9-2-4)10-8(14)11-7(5)13/h1-2,12H,3H2,(H2,9,10,11,13,14). The Hall–Kier alpha value is -1.95. The molecule has 0 atom stereocenters. The molecule has 2 heterocycles. The number of fused-ring (bicyclic) bond motifs is 1. The van der Waals surface area contributed by atoms with E-state index in [0.717, 1.165) is 0 Å². The first kappa shape index (κ1) is 8.64. The largest absolute Gasteiger partial charge is 0.392 e. The van der Waals surface area contributed by atoms with Crippen LogP contribution in [0.1, 0.15) is 5.56 Å². The molecule has 0 unspecified atom stereocenters. The number of rotatable bonds is 1. The van der Waals surface area contributed by atoms with Crippen molar-refractivity contribution in [2.24, 2.45) is 0 Å². The van der Waals surface area contributed by atoms with Crippen LogP contribution in [0.25, 0.3) is 11.0 Å². The molecule has 72 valence electrons. The second-order valence-electron chi connectivity index (χ2n) is 2.81. The normalized spacial score (nSPS) is 10.6. The van der Waals surface area contributed by atoms with Crippen LogP contribution in [0.5, 0.6) is 0 Å². The summed E-state index contributed by atoms with van der Waals surface area (Å²) in [4.78, 5) is 30.4.